The van der Waals surface area contributed by atoms with Crippen molar-refractivity contribution in [3.8, 4) is 11.5 Å². The van der Waals surface area contributed by atoms with Gasteiger partial charge in [-0.05, 0) is 60.6 Å². The lowest BCUT2D eigenvalue weighted by atomic mass is 9.75. The number of hydrogen-bond donors (Lipinski definition) is 0. The molecule has 0 saturated heterocycles. The summed E-state index contributed by atoms with van der Waals surface area (Å²) in [5.74, 6) is 1.19. The van der Waals surface area contributed by atoms with Crippen molar-refractivity contribution in [2.75, 3.05) is 0 Å². The summed E-state index contributed by atoms with van der Waals surface area (Å²) >= 11 is 0. The summed E-state index contributed by atoms with van der Waals surface area (Å²) in [6, 6.07) is 15.5. The second-order valence-electron chi connectivity index (χ2n) is 6.85. The highest BCUT2D eigenvalue weighted by Gasteiger charge is 2.25. The molecule has 0 spiro atoms. The van der Waals surface area contributed by atoms with Crippen molar-refractivity contribution in [3.63, 3.8) is 0 Å². The highest BCUT2D eigenvalue weighted by atomic mass is 16.5. The molecule has 1 aliphatic carbocycles. The molecule has 0 aromatic heterocycles. The van der Waals surface area contributed by atoms with E-state index in [1.807, 2.05) is 48.5 Å². The molecule has 0 N–H and O–H groups in total. The monoisotopic (exact) mass is 364 g/mol. The molecule has 3 rings (SSSR count). The maximum Gasteiger partial charge on any atom is 0.308 e. The zero-order chi connectivity index (χ0) is 19.2. The van der Waals surface area contributed by atoms with E-state index in [9.17, 15) is 9.59 Å². The van der Waals surface area contributed by atoms with Crippen LogP contribution in [0, 0.1) is 5.92 Å². The van der Waals surface area contributed by atoms with Crippen LogP contribution in [-0.2, 0) is 9.59 Å². The van der Waals surface area contributed by atoms with Crippen LogP contribution in [0.3, 0.4) is 0 Å². The molecule has 2 aromatic carbocycles. The number of hydrogen-bond acceptors (Lipinski definition) is 4. The van der Waals surface area contributed by atoms with E-state index in [4.69, 9.17) is 9.47 Å². The third-order valence-electron chi connectivity index (χ3n) is 4.78. The molecule has 140 valence electrons. The first-order valence-corrected chi connectivity index (χ1v) is 9.24. The minimum absolute atomic E-state index is 0.229. The predicted octanol–water partition coefficient (Wildman–Crippen LogP) is 5.03. The van der Waals surface area contributed by atoms with Gasteiger partial charge in [-0.3, -0.25) is 9.59 Å². The average molecular weight is 364 g/mol. The Morgan fingerprint density at radius 2 is 1.30 bits per heavy atom. The summed E-state index contributed by atoms with van der Waals surface area (Å²) in [7, 11) is 0. The topological polar surface area (TPSA) is 52.6 Å². The molecule has 2 aromatic rings. The predicted molar refractivity (Wildman–Crippen MR) is 104 cm³/mol. The van der Waals surface area contributed by atoms with Crippen molar-refractivity contribution in [3.05, 3.63) is 71.8 Å². The summed E-state index contributed by atoms with van der Waals surface area (Å²) in [4.78, 5) is 22.3. The smallest absolute Gasteiger partial charge is 0.308 e. The van der Waals surface area contributed by atoms with Crippen LogP contribution in [0.4, 0.5) is 0 Å². The molecule has 0 amide bonds. The lowest BCUT2D eigenvalue weighted by Crippen LogP contribution is -2.16. The number of rotatable bonds is 5. The van der Waals surface area contributed by atoms with Crippen molar-refractivity contribution in [1.29, 1.82) is 0 Å². The third-order valence-corrected chi connectivity index (χ3v) is 4.78. The van der Waals surface area contributed by atoms with E-state index >= 15 is 0 Å². The molecule has 4 nitrogen and oxygen atoms in total. The van der Waals surface area contributed by atoms with Gasteiger partial charge in [0.2, 0.25) is 0 Å². The van der Waals surface area contributed by atoms with Gasteiger partial charge >= 0.3 is 11.9 Å². The Hall–Kier alpha value is -2.88. The number of ether oxygens (including phenoxy) is 2. The van der Waals surface area contributed by atoms with Gasteiger partial charge in [-0.25, -0.2) is 0 Å². The van der Waals surface area contributed by atoms with E-state index in [-0.39, 0.29) is 17.9 Å². The van der Waals surface area contributed by atoms with Crippen LogP contribution in [0.5, 0.6) is 11.5 Å². The van der Waals surface area contributed by atoms with Gasteiger partial charge in [0.05, 0.1) is 0 Å². The van der Waals surface area contributed by atoms with Gasteiger partial charge in [0, 0.05) is 19.8 Å². The normalized spacial score (nSPS) is 16.2. The van der Waals surface area contributed by atoms with Gasteiger partial charge in [0.1, 0.15) is 11.5 Å². The number of carbonyl (C=O) groups is 2. The van der Waals surface area contributed by atoms with E-state index in [0.717, 1.165) is 19.3 Å². The minimum Gasteiger partial charge on any atom is -0.427 e. The molecule has 4 heteroatoms. The van der Waals surface area contributed by atoms with Crippen molar-refractivity contribution in [2.45, 2.75) is 39.0 Å². The first-order valence-electron chi connectivity index (χ1n) is 9.24. The van der Waals surface area contributed by atoms with Crippen molar-refractivity contribution >= 4 is 11.9 Å². The number of benzene rings is 2. The van der Waals surface area contributed by atoms with Crippen molar-refractivity contribution in [2.24, 2.45) is 5.92 Å². The Bertz CT molecular complexity index is 759. The SMILES string of the molecule is CC(=O)Oc1ccc(C(c2ccc(OC(C)=O)cc2)[C@@H]2CC=CCC2)cc1. The number of allylic oxidation sites excluding steroid dienone is 2. The van der Waals surface area contributed by atoms with Crippen molar-refractivity contribution in [1.82, 2.24) is 0 Å². The molecular weight excluding hydrogens is 340 g/mol. The van der Waals surface area contributed by atoms with E-state index in [1.165, 1.54) is 25.0 Å². The molecule has 0 heterocycles. The average Bonchev–Trinajstić information content (AvgIpc) is 2.65. The zero-order valence-corrected chi connectivity index (χ0v) is 15.7. The lowest BCUT2D eigenvalue weighted by Gasteiger charge is -2.29. The molecular formula is C23H24O4. The second kappa shape index (κ2) is 8.67. The third kappa shape index (κ3) is 5.07. The van der Waals surface area contributed by atoms with Gasteiger partial charge in [-0.1, -0.05) is 36.4 Å². The van der Waals surface area contributed by atoms with Gasteiger partial charge in [-0.2, -0.15) is 0 Å². The Balaban J connectivity index is 1.90. The summed E-state index contributed by atoms with van der Waals surface area (Å²) in [6.45, 7) is 2.80. The van der Waals surface area contributed by atoms with Crippen LogP contribution < -0.4 is 9.47 Å². The van der Waals surface area contributed by atoms with E-state index < -0.39 is 0 Å². The van der Waals surface area contributed by atoms with E-state index in [2.05, 4.69) is 12.2 Å². The van der Waals surface area contributed by atoms with Crippen LogP contribution in [-0.4, -0.2) is 11.9 Å². The molecule has 0 fully saturated rings. The zero-order valence-electron chi connectivity index (χ0n) is 15.7. The van der Waals surface area contributed by atoms with Gasteiger partial charge in [-0.15, -0.1) is 0 Å². The summed E-state index contributed by atoms with van der Waals surface area (Å²) in [5, 5.41) is 0. The molecule has 0 radical (unpaired) electrons. The van der Waals surface area contributed by atoms with Gasteiger partial charge in [0.25, 0.3) is 0 Å². The van der Waals surface area contributed by atoms with Gasteiger partial charge in [0.15, 0.2) is 0 Å². The first kappa shape index (κ1) is 18.9. The maximum atomic E-state index is 11.1. The van der Waals surface area contributed by atoms with Crippen LogP contribution in [0.1, 0.15) is 50.2 Å². The quantitative estimate of drug-likeness (QED) is 0.424. The standard InChI is InChI=1S/C23H24O4/c1-16(24)26-21-12-8-19(9-13-21)23(18-6-4-3-5-7-18)20-10-14-22(15-11-20)27-17(2)25/h3-4,8-15,18,23H,5-7H2,1-2H3/t18-/m1/s1. The Labute approximate surface area is 159 Å². The Morgan fingerprint density at radius 1 is 0.815 bits per heavy atom. The van der Waals surface area contributed by atoms with E-state index in [0.29, 0.717) is 17.4 Å². The van der Waals surface area contributed by atoms with Crippen LogP contribution >= 0.6 is 0 Å². The highest BCUT2D eigenvalue weighted by molar-refractivity contribution is 5.69. The lowest BCUT2D eigenvalue weighted by molar-refractivity contribution is -0.132. The summed E-state index contributed by atoms with van der Waals surface area (Å²) < 4.78 is 10.3. The Kier molecular flexibility index (Phi) is 6.07. The molecule has 0 saturated carbocycles. The highest BCUT2D eigenvalue weighted by Crippen LogP contribution is 2.39. The summed E-state index contributed by atoms with van der Waals surface area (Å²) in [6.07, 6.45) is 7.72. The molecule has 0 bridgehead atoms. The largest absolute Gasteiger partial charge is 0.427 e. The van der Waals surface area contributed by atoms with Crippen molar-refractivity contribution < 1.29 is 19.1 Å². The fourth-order valence-corrected chi connectivity index (χ4v) is 3.67. The second-order valence-corrected chi connectivity index (χ2v) is 6.85. The van der Waals surface area contributed by atoms with E-state index in [1.54, 1.807) is 0 Å². The number of esters is 2. The first-order chi connectivity index (χ1) is 13.0. The fraction of sp³-hybridized carbons (Fsp3) is 0.304. The number of carbonyl (C=O) groups excluding carboxylic acids is 2. The minimum atomic E-state index is -0.322. The van der Waals surface area contributed by atoms with Gasteiger partial charge < -0.3 is 9.47 Å². The Morgan fingerprint density at radius 3 is 1.67 bits per heavy atom. The summed E-state index contributed by atoms with van der Waals surface area (Å²) in [5.41, 5.74) is 2.37. The molecule has 27 heavy (non-hydrogen) atoms. The molecule has 0 unspecified atom stereocenters. The van der Waals surface area contributed by atoms with Crippen LogP contribution in [0.15, 0.2) is 60.7 Å². The van der Waals surface area contributed by atoms with Crippen LogP contribution in [0.25, 0.3) is 0 Å². The molecule has 1 aliphatic rings. The molecule has 1 atom stereocenters. The maximum absolute atomic E-state index is 11.1. The molecule has 0 aliphatic heterocycles. The van der Waals surface area contributed by atoms with Crippen LogP contribution in [0.2, 0.25) is 0 Å². The fourth-order valence-electron chi connectivity index (χ4n) is 3.67.